The van der Waals surface area contributed by atoms with E-state index >= 15 is 0 Å². The third-order valence-electron chi connectivity index (χ3n) is 6.39. The zero-order chi connectivity index (χ0) is 25.9. The summed E-state index contributed by atoms with van der Waals surface area (Å²) in [6.45, 7) is 5.75. The van der Waals surface area contributed by atoms with Gasteiger partial charge in [0.2, 0.25) is 21.8 Å². The lowest BCUT2D eigenvalue weighted by atomic mass is 9.92. The van der Waals surface area contributed by atoms with Gasteiger partial charge in [-0.25, -0.2) is 8.42 Å². The van der Waals surface area contributed by atoms with Crippen LogP contribution >= 0.6 is 0 Å². The fourth-order valence-electron chi connectivity index (χ4n) is 4.54. The summed E-state index contributed by atoms with van der Waals surface area (Å²) in [5.41, 5.74) is 4.96. The number of sulfonamides is 1. The molecule has 2 amide bonds. The van der Waals surface area contributed by atoms with E-state index in [1.165, 1.54) is 11.2 Å². The monoisotopic (exact) mass is 505 g/mol. The van der Waals surface area contributed by atoms with Crippen LogP contribution in [0.4, 0.5) is 5.69 Å². The van der Waals surface area contributed by atoms with Crippen LogP contribution in [0.15, 0.2) is 71.6 Å². The van der Waals surface area contributed by atoms with E-state index in [4.69, 9.17) is 0 Å². The van der Waals surface area contributed by atoms with Crippen LogP contribution in [-0.2, 0) is 32.6 Å². The van der Waals surface area contributed by atoms with Gasteiger partial charge in [0.25, 0.3) is 0 Å². The second kappa shape index (κ2) is 10.6. The van der Waals surface area contributed by atoms with Gasteiger partial charge in [-0.1, -0.05) is 60.2 Å². The second-order valence-electron chi connectivity index (χ2n) is 9.23. The molecule has 3 aromatic rings. The van der Waals surface area contributed by atoms with Crippen molar-refractivity contribution in [1.29, 1.82) is 0 Å². The number of rotatable bonds is 7. The predicted octanol–water partition coefficient (Wildman–Crippen LogP) is 4.26. The summed E-state index contributed by atoms with van der Waals surface area (Å²) in [5, 5.41) is 5.58. The summed E-state index contributed by atoms with van der Waals surface area (Å²) in [6.07, 6.45) is 0.529. The molecular weight excluding hydrogens is 474 g/mol. The third kappa shape index (κ3) is 5.66. The van der Waals surface area contributed by atoms with Crippen molar-refractivity contribution >= 4 is 27.5 Å². The molecule has 3 aromatic carbocycles. The van der Waals surface area contributed by atoms with Crippen molar-refractivity contribution in [1.82, 2.24) is 9.62 Å². The molecule has 7 nitrogen and oxygen atoms in total. The molecule has 188 valence electrons. The molecule has 1 aliphatic heterocycles. The van der Waals surface area contributed by atoms with E-state index in [1.807, 2.05) is 55.5 Å². The molecular formula is C28H31N3O4S. The van der Waals surface area contributed by atoms with Gasteiger partial charge in [0, 0.05) is 26.4 Å². The van der Waals surface area contributed by atoms with Gasteiger partial charge in [0.15, 0.2) is 0 Å². The Hall–Kier alpha value is -3.49. The van der Waals surface area contributed by atoms with E-state index in [1.54, 1.807) is 25.1 Å². The Labute approximate surface area is 212 Å². The molecule has 2 N–H and O–H groups in total. The van der Waals surface area contributed by atoms with Crippen molar-refractivity contribution < 1.29 is 18.0 Å². The number of nitrogens with zero attached hydrogens (tertiary/aromatic N) is 1. The number of amides is 2. The summed E-state index contributed by atoms with van der Waals surface area (Å²) in [7, 11) is -4.03. The highest BCUT2D eigenvalue weighted by atomic mass is 32.2. The van der Waals surface area contributed by atoms with E-state index in [0.717, 1.165) is 27.8 Å². The van der Waals surface area contributed by atoms with Crippen molar-refractivity contribution in [3.05, 3.63) is 94.5 Å². The lowest BCUT2D eigenvalue weighted by Gasteiger charge is -2.36. The number of aryl methyl sites for hydroxylation is 2. The molecule has 0 radical (unpaired) electrons. The van der Waals surface area contributed by atoms with Gasteiger partial charge in [-0.3, -0.25) is 9.59 Å². The molecule has 1 aliphatic rings. The van der Waals surface area contributed by atoms with Gasteiger partial charge in [-0.15, -0.1) is 0 Å². The molecule has 1 unspecified atom stereocenters. The van der Waals surface area contributed by atoms with Crippen LogP contribution in [0.25, 0.3) is 0 Å². The van der Waals surface area contributed by atoms with Crippen LogP contribution in [-0.4, -0.2) is 31.1 Å². The van der Waals surface area contributed by atoms with Crippen LogP contribution in [0, 0.1) is 13.8 Å². The van der Waals surface area contributed by atoms with E-state index in [-0.39, 0.29) is 35.4 Å². The molecule has 0 saturated carbocycles. The number of fused-ring (bicyclic) bond motifs is 1. The summed E-state index contributed by atoms with van der Waals surface area (Å²) in [5.74, 6) is -0.588. The molecule has 0 saturated heterocycles. The minimum atomic E-state index is -4.03. The van der Waals surface area contributed by atoms with Crippen molar-refractivity contribution in [3.63, 3.8) is 0 Å². The molecule has 36 heavy (non-hydrogen) atoms. The molecule has 4 rings (SSSR count). The second-order valence-corrected chi connectivity index (χ2v) is 11.1. The summed E-state index contributed by atoms with van der Waals surface area (Å²) in [4.78, 5) is 24.8. The van der Waals surface area contributed by atoms with E-state index in [2.05, 4.69) is 10.6 Å². The van der Waals surface area contributed by atoms with Gasteiger partial charge in [-0.05, 0) is 54.7 Å². The van der Waals surface area contributed by atoms with Gasteiger partial charge in [0.1, 0.15) is 4.90 Å². The summed E-state index contributed by atoms with van der Waals surface area (Å²) in [6, 6.07) is 19.8. The average Bonchev–Trinajstić information content (AvgIpc) is 2.84. The van der Waals surface area contributed by atoms with Crippen LogP contribution in [0.1, 0.15) is 47.2 Å². The number of carbonyl (C=O) groups excluding carboxylic acids is 2. The Bertz CT molecular complexity index is 1380. The fourth-order valence-corrected chi connectivity index (χ4v) is 6.38. The minimum Gasteiger partial charge on any atom is -0.352 e. The van der Waals surface area contributed by atoms with Crippen molar-refractivity contribution in [2.45, 2.75) is 51.1 Å². The Morgan fingerprint density at radius 2 is 1.67 bits per heavy atom. The largest absolute Gasteiger partial charge is 0.352 e. The van der Waals surface area contributed by atoms with E-state index in [9.17, 15) is 18.0 Å². The average molecular weight is 506 g/mol. The van der Waals surface area contributed by atoms with Crippen LogP contribution in [0.3, 0.4) is 0 Å². The standard InChI is InChI=1S/C28H31N3O4S/c1-19-8-11-22(12-9-19)18-29-28(33)17-26-24-7-5-4-6-23(24)14-15-31(26)36(34,35)27-16-20(2)10-13-25(27)30-21(3)32/h4-13,16,26H,14-15,17-18H2,1-3H3,(H,29,33)(H,30,32). The first-order chi connectivity index (χ1) is 17.1. The first kappa shape index (κ1) is 25.6. The highest BCUT2D eigenvalue weighted by Gasteiger charge is 2.38. The van der Waals surface area contributed by atoms with Crippen LogP contribution in [0.5, 0.6) is 0 Å². The normalized spacial score (nSPS) is 15.7. The van der Waals surface area contributed by atoms with Gasteiger partial charge in [-0.2, -0.15) is 4.31 Å². The quantitative estimate of drug-likeness (QED) is 0.502. The van der Waals surface area contributed by atoms with Gasteiger partial charge >= 0.3 is 0 Å². The SMILES string of the molecule is CC(=O)Nc1ccc(C)cc1S(=O)(=O)N1CCc2ccccc2C1CC(=O)NCc1ccc(C)cc1. The zero-order valence-corrected chi connectivity index (χ0v) is 21.6. The molecule has 0 fully saturated rings. The molecule has 0 aromatic heterocycles. The molecule has 0 bridgehead atoms. The van der Waals surface area contributed by atoms with E-state index in [0.29, 0.717) is 13.0 Å². The number of carbonyl (C=O) groups is 2. The molecule has 1 atom stereocenters. The summed E-state index contributed by atoms with van der Waals surface area (Å²) >= 11 is 0. The van der Waals surface area contributed by atoms with Crippen molar-refractivity contribution in [2.75, 3.05) is 11.9 Å². The third-order valence-corrected chi connectivity index (χ3v) is 8.33. The summed E-state index contributed by atoms with van der Waals surface area (Å²) < 4.78 is 29.4. The topological polar surface area (TPSA) is 95.6 Å². The Balaban J connectivity index is 1.65. The highest BCUT2D eigenvalue weighted by molar-refractivity contribution is 7.89. The number of nitrogens with one attached hydrogen (secondary N) is 2. The zero-order valence-electron chi connectivity index (χ0n) is 20.7. The lowest BCUT2D eigenvalue weighted by Crippen LogP contribution is -2.42. The number of hydrogen-bond acceptors (Lipinski definition) is 4. The number of hydrogen-bond donors (Lipinski definition) is 2. The highest BCUT2D eigenvalue weighted by Crippen LogP contribution is 2.38. The van der Waals surface area contributed by atoms with Crippen molar-refractivity contribution in [3.8, 4) is 0 Å². The molecule has 8 heteroatoms. The van der Waals surface area contributed by atoms with Crippen LogP contribution < -0.4 is 10.6 Å². The predicted molar refractivity (Wildman–Crippen MR) is 140 cm³/mol. The molecule has 0 aliphatic carbocycles. The van der Waals surface area contributed by atoms with E-state index < -0.39 is 16.1 Å². The lowest BCUT2D eigenvalue weighted by molar-refractivity contribution is -0.122. The Morgan fingerprint density at radius 3 is 2.39 bits per heavy atom. The number of benzene rings is 3. The van der Waals surface area contributed by atoms with Crippen molar-refractivity contribution in [2.24, 2.45) is 0 Å². The first-order valence-electron chi connectivity index (χ1n) is 12.0. The van der Waals surface area contributed by atoms with Gasteiger partial charge in [0.05, 0.1) is 11.7 Å². The Morgan fingerprint density at radius 1 is 0.972 bits per heavy atom. The van der Waals surface area contributed by atoms with Crippen LogP contribution in [0.2, 0.25) is 0 Å². The smallest absolute Gasteiger partial charge is 0.245 e. The van der Waals surface area contributed by atoms with Gasteiger partial charge < -0.3 is 10.6 Å². The number of anilines is 1. The maximum Gasteiger partial charge on any atom is 0.245 e. The fraction of sp³-hybridized carbons (Fsp3) is 0.286. The maximum absolute atomic E-state index is 14.0. The maximum atomic E-state index is 14.0. The minimum absolute atomic E-state index is 0.0105. The molecule has 0 spiro atoms. The molecule has 1 heterocycles. The Kier molecular flexibility index (Phi) is 7.56. The first-order valence-corrected chi connectivity index (χ1v) is 13.4.